The molecule has 9 aliphatic rings. The predicted octanol–water partition coefficient (Wildman–Crippen LogP) is 3.00. The number of piperidine rings is 2. The highest BCUT2D eigenvalue weighted by Crippen LogP contribution is 2.62. The lowest BCUT2D eigenvalue weighted by atomic mass is 9.51. The molecular formula is C45H72N4O8. The van der Waals surface area contributed by atoms with Crippen LogP contribution in [0.1, 0.15) is 104 Å². The molecule has 12 heteroatoms. The zero-order chi connectivity index (χ0) is 39.9. The van der Waals surface area contributed by atoms with Crippen LogP contribution in [0.5, 0.6) is 0 Å². The van der Waals surface area contributed by atoms with Gasteiger partial charge in [-0.25, -0.2) is 4.79 Å². The summed E-state index contributed by atoms with van der Waals surface area (Å²) in [6.45, 7) is 7.24. The third-order valence-corrected chi connectivity index (χ3v) is 18.2. The highest BCUT2D eigenvalue weighted by atomic mass is 16.6. The fraction of sp³-hybridized carbons (Fsp3) is 0.911. The van der Waals surface area contributed by atoms with Crippen molar-refractivity contribution in [3.05, 3.63) is 11.6 Å². The average molecular weight is 797 g/mol. The van der Waals surface area contributed by atoms with Crippen molar-refractivity contribution in [2.24, 2.45) is 88.4 Å². The van der Waals surface area contributed by atoms with Crippen LogP contribution in [0.15, 0.2) is 11.6 Å². The fourth-order valence-corrected chi connectivity index (χ4v) is 15.4. The van der Waals surface area contributed by atoms with Crippen LogP contribution < -0.4 is 22.1 Å². The van der Waals surface area contributed by atoms with Crippen molar-refractivity contribution in [3.8, 4) is 0 Å². The van der Waals surface area contributed by atoms with Gasteiger partial charge in [-0.05, 0) is 170 Å². The van der Waals surface area contributed by atoms with Gasteiger partial charge in [-0.1, -0.05) is 6.08 Å². The van der Waals surface area contributed by atoms with E-state index < -0.39 is 48.0 Å². The van der Waals surface area contributed by atoms with Crippen molar-refractivity contribution >= 4 is 11.8 Å². The molecule has 320 valence electrons. The van der Waals surface area contributed by atoms with Crippen molar-refractivity contribution < 1.29 is 39.1 Å². The Hall–Kier alpha value is -1.48. The second-order valence-corrected chi connectivity index (χ2v) is 20.7. The molecule has 12 nitrogen and oxygen atoms in total. The van der Waals surface area contributed by atoms with E-state index in [0.29, 0.717) is 35.7 Å². The molecule has 57 heavy (non-hydrogen) atoms. The third-order valence-electron chi connectivity index (χ3n) is 18.2. The van der Waals surface area contributed by atoms with E-state index >= 15 is 0 Å². The lowest BCUT2D eigenvalue weighted by Gasteiger charge is -2.64. The summed E-state index contributed by atoms with van der Waals surface area (Å²) in [6.07, 6.45) is 8.83. The first-order valence-electron chi connectivity index (χ1n) is 23.0. The molecule has 0 aromatic rings. The number of allylic oxidation sites excluding steroid dienone is 1. The number of rotatable bonds is 3. The van der Waals surface area contributed by atoms with E-state index in [1.54, 1.807) is 13.0 Å². The van der Waals surface area contributed by atoms with Gasteiger partial charge in [0.25, 0.3) is 0 Å². The predicted molar refractivity (Wildman–Crippen MR) is 213 cm³/mol. The zero-order valence-corrected chi connectivity index (χ0v) is 34.6. The van der Waals surface area contributed by atoms with E-state index in [9.17, 15) is 24.9 Å². The maximum Gasteiger partial charge on any atom is 0.333 e. The van der Waals surface area contributed by atoms with Gasteiger partial charge >= 0.3 is 5.97 Å². The van der Waals surface area contributed by atoms with Crippen molar-refractivity contribution in [2.45, 2.75) is 159 Å². The van der Waals surface area contributed by atoms with Crippen LogP contribution in [0, 0.1) is 76.9 Å². The Morgan fingerprint density at radius 2 is 1.61 bits per heavy atom. The second-order valence-electron chi connectivity index (χ2n) is 20.7. The van der Waals surface area contributed by atoms with Crippen molar-refractivity contribution in [3.63, 3.8) is 0 Å². The quantitative estimate of drug-likeness (QED) is 0.163. The van der Waals surface area contributed by atoms with Crippen LogP contribution in [-0.4, -0.2) is 101 Å². The van der Waals surface area contributed by atoms with Gasteiger partial charge in [0, 0.05) is 23.8 Å². The lowest BCUT2D eigenvalue weighted by Crippen LogP contribution is -2.72. The van der Waals surface area contributed by atoms with Crippen molar-refractivity contribution in [2.75, 3.05) is 19.7 Å². The van der Waals surface area contributed by atoms with Gasteiger partial charge in [0.2, 0.25) is 0 Å². The van der Waals surface area contributed by atoms with Gasteiger partial charge in [-0.3, -0.25) is 4.79 Å². The minimum Gasteiger partial charge on any atom is -0.456 e. The molecule has 5 aliphatic heterocycles. The number of carbonyl (C=O) groups is 2. The molecule has 4 aliphatic carbocycles. The molecule has 0 aromatic heterocycles. The number of esters is 1. The number of ketones is 1. The number of carbonyl (C=O) groups excluding carboxylic acids is 2. The number of fused-ring (bicyclic) bond motifs is 9. The van der Waals surface area contributed by atoms with E-state index in [4.69, 9.17) is 25.7 Å². The summed E-state index contributed by atoms with van der Waals surface area (Å²) in [6, 6.07) is 0. The molecule has 9 N–H and O–H groups in total. The van der Waals surface area contributed by atoms with E-state index in [0.717, 1.165) is 83.7 Å². The fourth-order valence-electron chi connectivity index (χ4n) is 15.4. The molecule has 0 aromatic carbocycles. The molecule has 9 rings (SSSR count). The van der Waals surface area contributed by atoms with E-state index in [2.05, 4.69) is 17.6 Å². The Morgan fingerprint density at radius 3 is 2.40 bits per heavy atom. The van der Waals surface area contributed by atoms with Crippen LogP contribution in [0.2, 0.25) is 0 Å². The monoisotopic (exact) mass is 797 g/mol. The summed E-state index contributed by atoms with van der Waals surface area (Å²) in [7, 11) is 0. The third kappa shape index (κ3) is 7.10. The molecule has 4 bridgehead atoms. The Balaban J connectivity index is 1.26. The first kappa shape index (κ1) is 40.9. The summed E-state index contributed by atoms with van der Waals surface area (Å²) in [5, 5.41) is 41.6. The Labute approximate surface area is 339 Å². The lowest BCUT2D eigenvalue weighted by molar-refractivity contribution is -0.312. The summed E-state index contributed by atoms with van der Waals surface area (Å²) in [5.41, 5.74) is 13.6. The normalized spacial score (nSPS) is 53.9. The van der Waals surface area contributed by atoms with Crippen LogP contribution in [-0.2, 0) is 23.8 Å². The largest absolute Gasteiger partial charge is 0.456 e. The van der Waals surface area contributed by atoms with Gasteiger partial charge in [-0.2, -0.15) is 0 Å². The van der Waals surface area contributed by atoms with E-state index in [1.165, 1.54) is 0 Å². The molecule has 0 radical (unpaired) electrons. The maximum atomic E-state index is 14.3. The van der Waals surface area contributed by atoms with Crippen LogP contribution in [0.4, 0.5) is 0 Å². The minimum absolute atomic E-state index is 0.0221. The van der Waals surface area contributed by atoms with E-state index in [1.807, 2.05) is 6.92 Å². The number of nitrogens with two attached hydrogens (primary N) is 2. The van der Waals surface area contributed by atoms with Gasteiger partial charge in [0.05, 0.1) is 55.4 Å². The number of ether oxygens (including phenoxy) is 3. The number of nitrogens with one attached hydrogen (secondary N) is 2. The van der Waals surface area contributed by atoms with E-state index in [-0.39, 0.29) is 84.6 Å². The first-order chi connectivity index (χ1) is 27.4. The summed E-state index contributed by atoms with van der Waals surface area (Å²) < 4.78 is 21.5. The highest BCUT2D eigenvalue weighted by Gasteiger charge is 2.67. The molecule has 0 amide bonds. The first-order valence-corrected chi connectivity index (χ1v) is 23.0. The second kappa shape index (κ2) is 16.1. The highest BCUT2D eigenvalue weighted by molar-refractivity contribution is 5.87. The van der Waals surface area contributed by atoms with Gasteiger partial charge in [0.15, 0.2) is 0 Å². The number of aliphatic hydroxyl groups excluding tert-OH is 3. The van der Waals surface area contributed by atoms with Crippen LogP contribution >= 0.6 is 0 Å². The van der Waals surface area contributed by atoms with Crippen LogP contribution in [0.3, 0.4) is 0 Å². The Kier molecular flexibility index (Phi) is 11.5. The average Bonchev–Trinajstić information content (AvgIpc) is 3.34. The number of hydrogen-bond donors (Lipinski definition) is 7. The number of hydrogen-bond acceptors (Lipinski definition) is 12. The Morgan fingerprint density at radius 1 is 0.860 bits per heavy atom. The molecular weight excluding hydrogens is 725 g/mol. The molecule has 22 unspecified atom stereocenters. The molecule has 22 atom stereocenters. The molecule has 0 spiro atoms. The van der Waals surface area contributed by atoms with Crippen molar-refractivity contribution in [1.29, 1.82) is 0 Å². The SMILES string of the molecule is CC=C(C)C(=O)OC1CC2C(O)C3C(=O)CC(CO)OC3C3C4CC5CC(O)CCC5CCC(C5CCC6CC(N)NCC6CC5C1(C)OC23)C1C(N)NCCC41. The smallest absolute Gasteiger partial charge is 0.333 e. The molecule has 5 heterocycles. The summed E-state index contributed by atoms with van der Waals surface area (Å²) in [4.78, 5) is 28.2. The number of Topliss-reactive ketones (excluding diaryl/α,β-unsaturated/α-hetero) is 1. The van der Waals surface area contributed by atoms with Crippen molar-refractivity contribution in [1.82, 2.24) is 10.6 Å². The minimum atomic E-state index is -1.04. The van der Waals surface area contributed by atoms with Gasteiger partial charge in [-0.15, -0.1) is 0 Å². The van der Waals surface area contributed by atoms with Gasteiger partial charge < -0.3 is 51.6 Å². The molecule has 4 saturated carbocycles. The van der Waals surface area contributed by atoms with Crippen LogP contribution in [0.25, 0.3) is 0 Å². The zero-order valence-electron chi connectivity index (χ0n) is 34.6. The summed E-state index contributed by atoms with van der Waals surface area (Å²) >= 11 is 0. The summed E-state index contributed by atoms with van der Waals surface area (Å²) in [5.74, 6) is 0.757. The number of aliphatic hydroxyl groups is 3. The topological polar surface area (TPSA) is 199 Å². The Bertz CT molecular complexity index is 1530. The standard InChI is InChI=1S/C45H72N4O8/c1-4-21(2)44(54)56-35-18-32-40(53)39-34(52)17-27(20-50)55-42(39)38-31-14-24-13-26(51)8-5-22(24)6-10-29(37-30(31)11-12-48-43(37)47)28-9-7-23-16-36(46)49-19-25(23)15-33(28)45(35,3)57-41(32)38/h4,22-33,35-43,48-51,53H,5-20,46-47H2,1-3H3. The molecule has 5 saturated heterocycles. The van der Waals surface area contributed by atoms with Gasteiger partial charge in [0.1, 0.15) is 17.5 Å². The molecule has 9 fully saturated rings. The maximum absolute atomic E-state index is 14.3.